The zero-order valence-corrected chi connectivity index (χ0v) is 10.6. The number of nitrogen functional groups attached to an aromatic ring is 1. The fourth-order valence-electron chi connectivity index (χ4n) is 2.29. The van der Waals surface area contributed by atoms with Crippen LogP contribution in [-0.4, -0.2) is 22.3 Å². The molecular weight excluding hydrogens is 248 g/mol. The molecule has 1 aliphatic heterocycles. The van der Waals surface area contributed by atoms with E-state index in [2.05, 4.69) is 5.43 Å². The number of anilines is 1. The minimum atomic E-state index is -0.460. The van der Waals surface area contributed by atoms with Gasteiger partial charge in [-0.1, -0.05) is 6.92 Å². The van der Waals surface area contributed by atoms with Crippen LogP contribution in [0.2, 0.25) is 0 Å². The van der Waals surface area contributed by atoms with Crippen molar-refractivity contribution in [2.45, 2.75) is 19.9 Å². The molecule has 1 unspecified atom stereocenters. The number of nitrogens with one attached hydrogen (secondary N) is 1. The normalized spacial score (nSPS) is 18.7. The number of nitrogens with zero attached hydrogens (tertiary/aromatic N) is 2. The highest BCUT2D eigenvalue weighted by Crippen LogP contribution is 2.26. The first kappa shape index (κ1) is 13.3. The van der Waals surface area contributed by atoms with Gasteiger partial charge in [-0.3, -0.25) is 20.8 Å². The average molecular weight is 264 g/mol. The van der Waals surface area contributed by atoms with Crippen LogP contribution >= 0.6 is 0 Å². The first-order valence-electron chi connectivity index (χ1n) is 6.03. The predicted molar refractivity (Wildman–Crippen MR) is 70.1 cm³/mol. The van der Waals surface area contributed by atoms with E-state index >= 15 is 0 Å². The summed E-state index contributed by atoms with van der Waals surface area (Å²) in [4.78, 5) is 23.8. The third kappa shape index (κ3) is 2.82. The third-order valence-electron chi connectivity index (χ3n) is 3.22. The second-order valence-electron chi connectivity index (χ2n) is 4.83. The van der Waals surface area contributed by atoms with Gasteiger partial charge in [0.05, 0.1) is 10.6 Å². The molecule has 19 heavy (non-hydrogen) atoms. The van der Waals surface area contributed by atoms with Crippen molar-refractivity contribution in [1.82, 2.24) is 4.90 Å². The van der Waals surface area contributed by atoms with E-state index in [9.17, 15) is 14.9 Å². The van der Waals surface area contributed by atoms with Gasteiger partial charge in [0.15, 0.2) is 0 Å². The molecule has 1 amide bonds. The van der Waals surface area contributed by atoms with Crippen molar-refractivity contribution in [2.75, 3.05) is 12.0 Å². The van der Waals surface area contributed by atoms with E-state index in [-0.39, 0.29) is 11.6 Å². The minimum Gasteiger partial charge on any atom is -0.338 e. The van der Waals surface area contributed by atoms with Crippen LogP contribution in [0.1, 0.15) is 18.9 Å². The molecule has 0 saturated carbocycles. The number of amides is 1. The highest BCUT2D eigenvalue weighted by atomic mass is 16.6. The topological polar surface area (TPSA) is 102 Å². The summed E-state index contributed by atoms with van der Waals surface area (Å²) in [6, 6.07) is 4.38. The van der Waals surface area contributed by atoms with E-state index in [0.717, 1.165) is 0 Å². The molecule has 7 heteroatoms. The van der Waals surface area contributed by atoms with Crippen molar-refractivity contribution in [1.29, 1.82) is 0 Å². The number of hydrazine groups is 1. The number of carbonyl (C=O) groups excluding carboxylic acids is 1. The van der Waals surface area contributed by atoms with E-state index in [1.807, 2.05) is 6.92 Å². The summed E-state index contributed by atoms with van der Waals surface area (Å²) in [6.07, 6.45) is 0.528. The van der Waals surface area contributed by atoms with Crippen LogP contribution in [0.4, 0.5) is 11.4 Å². The number of nitro benzene ring substituents is 1. The molecule has 1 atom stereocenters. The lowest BCUT2D eigenvalue weighted by Crippen LogP contribution is -2.25. The van der Waals surface area contributed by atoms with Crippen molar-refractivity contribution < 1.29 is 9.72 Å². The van der Waals surface area contributed by atoms with Crippen LogP contribution in [0.3, 0.4) is 0 Å². The Hall–Kier alpha value is -2.15. The SMILES string of the molecule is CC1CC(=O)N(Cc2cc([N+](=O)[O-])ccc2NN)C1. The molecule has 1 aromatic carbocycles. The second-order valence-corrected chi connectivity index (χ2v) is 4.83. The van der Waals surface area contributed by atoms with Gasteiger partial charge in [-0.2, -0.15) is 0 Å². The predicted octanol–water partition coefficient (Wildman–Crippen LogP) is 1.25. The summed E-state index contributed by atoms with van der Waals surface area (Å²) in [5.74, 6) is 5.78. The molecule has 1 aromatic rings. The highest BCUT2D eigenvalue weighted by molar-refractivity contribution is 5.78. The lowest BCUT2D eigenvalue weighted by molar-refractivity contribution is -0.384. The average Bonchev–Trinajstić information content (AvgIpc) is 2.67. The van der Waals surface area contributed by atoms with Crippen LogP contribution in [0, 0.1) is 16.0 Å². The van der Waals surface area contributed by atoms with Gasteiger partial charge < -0.3 is 10.3 Å². The Morgan fingerprint density at radius 2 is 2.32 bits per heavy atom. The Bertz CT molecular complexity index is 518. The van der Waals surface area contributed by atoms with Gasteiger partial charge in [0.2, 0.25) is 5.91 Å². The molecule has 0 aliphatic carbocycles. The monoisotopic (exact) mass is 264 g/mol. The standard InChI is InChI=1S/C12H16N4O3/c1-8-4-12(17)15(6-8)7-9-5-10(16(18)19)2-3-11(9)14-13/h2-3,5,8,14H,4,6-7,13H2,1H3. The van der Waals surface area contributed by atoms with Gasteiger partial charge >= 0.3 is 0 Å². The Morgan fingerprint density at radius 1 is 1.58 bits per heavy atom. The number of non-ortho nitro benzene ring substituents is 1. The zero-order chi connectivity index (χ0) is 14.0. The Kier molecular flexibility index (Phi) is 3.66. The van der Waals surface area contributed by atoms with Crippen LogP contribution in [0.25, 0.3) is 0 Å². The molecule has 1 heterocycles. The molecule has 2 rings (SSSR count). The van der Waals surface area contributed by atoms with Crippen LogP contribution in [0.15, 0.2) is 18.2 Å². The maximum absolute atomic E-state index is 11.7. The summed E-state index contributed by atoms with van der Waals surface area (Å²) < 4.78 is 0. The van der Waals surface area contributed by atoms with E-state index in [4.69, 9.17) is 5.84 Å². The number of hydrogen-bond donors (Lipinski definition) is 2. The molecule has 7 nitrogen and oxygen atoms in total. The zero-order valence-electron chi connectivity index (χ0n) is 10.6. The van der Waals surface area contributed by atoms with Crippen molar-refractivity contribution >= 4 is 17.3 Å². The summed E-state index contributed by atoms with van der Waals surface area (Å²) >= 11 is 0. The highest BCUT2D eigenvalue weighted by Gasteiger charge is 2.27. The molecule has 3 N–H and O–H groups in total. The first-order valence-corrected chi connectivity index (χ1v) is 6.03. The van der Waals surface area contributed by atoms with Crippen molar-refractivity contribution in [3.05, 3.63) is 33.9 Å². The lowest BCUT2D eigenvalue weighted by atomic mass is 10.1. The van der Waals surface area contributed by atoms with Crippen LogP contribution in [0.5, 0.6) is 0 Å². The first-order chi connectivity index (χ1) is 9.01. The van der Waals surface area contributed by atoms with Crippen LogP contribution in [-0.2, 0) is 11.3 Å². The number of nitro groups is 1. The fraction of sp³-hybridized carbons (Fsp3) is 0.417. The van der Waals surface area contributed by atoms with Gasteiger partial charge in [-0.05, 0) is 12.0 Å². The summed E-state index contributed by atoms with van der Waals surface area (Å²) in [5, 5.41) is 10.8. The maximum Gasteiger partial charge on any atom is 0.269 e. The number of carbonyl (C=O) groups is 1. The molecular formula is C12H16N4O3. The molecule has 0 spiro atoms. The number of hydrogen-bond acceptors (Lipinski definition) is 5. The molecule has 1 aliphatic rings. The van der Waals surface area contributed by atoms with E-state index in [1.165, 1.54) is 12.1 Å². The van der Waals surface area contributed by atoms with Gasteiger partial charge in [-0.25, -0.2) is 0 Å². The number of rotatable bonds is 4. The number of benzene rings is 1. The van der Waals surface area contributed by atoms with E-state index in [1.54, 1.807) is 11.0 Å². The molecule has 0 radical (unpaired) electrons. The molecule has 1 fully saturated rings. The van der Waals surface area contributed by atoms with Gasteiger partial charge in [0, 0.05) is 37.2 Å². The summed E-state index contributed by atoms with van der Waals surface area (Å²) in [7, 11) is 0. The van der Waals surface area contributed by atoms with Gasteiger partial charge in [0.1, 0.15) is 0 Å². The maximum atomic E-state index is 11.7. The minimum absolute atomic E-state index is 0.00584. The van der Waals surface area contributed by atoms with Crippen molar-refractivity contribution in [2.24, 2.45) is 11.8 Å². The molecule has 1 saturated heterocycles. The van der Waals surface area contributed by atoms with Crippen molar-refractivity contribution in [3.63, 3.8) is 0 Å². The Balaban J connectivity index is 2.25. The summed E-state index contributed by atoms with van der Waals surface area (Å²) in [5.41, 5.74) is 3.74. The molecule has 102 valence electrons. The van der Waals surface area contributed by atoms with Gasteiger partial charge in [0.25, 0.3) is 5.69 Å². The largest absolute Gasteiger partial charge is 0.338 e. The Labute approximate surface area is 110 Å². The summed E-state index contributed by atoms with van der Waals surface area (Å²) in [6.45, 7) is 3.02. The quantitative estimate of drug-likeness (QED) is 0.484. The third-order valence-corrected chi connectivity index (χ3v) is 3.22. The number of likely N-dealkylation sites (tertiary alicyclic amines) is 1. The fourth-order valence-corrected chi connectivity index (χ4v) is 2.29. The van der Waals surface area contributed by atoms with E-state index < -0.39 is 4.92 Å². The second kappa shape index (κ2) is 5.23. The van der Waals surface area contributed by atoms with E-state index in [0.29, 0.717) is 36.7 Å². The molecule has 0 aromatic heterocycles. The number of nitrogens with two attached hydrogens (primary N) is 1. The lowest BCUT2D eigenvalue weighted by Gasteiger charge is -2.18. The smallest absolute Gasteiger partial charge is 0.269 e. The Morgan fingerprint density at radius 3 is 2.84 bits per heavy atom. The molecule has 0 bridgehead atoms. The van der Waals surface area contributed by atoms with Crippen molar-refractivity contribution in [3.8, 4) is 0 Å². The van der Waals surface area contributed by atoms with Gasteiger partial charge in [-0.15, -0.1) is 0 Å². The van der Waals surface area contributed by atoms with Crippen LogP contribution < -0.4 is 11.3 Å².